The van der Waals surface area contributed by atoms with Crippen LogP contribution in [0.5, 0.6) is 5.75 Å². The number of amides is 1. The van der Waals surface area contributed by atoms with Crippen LogP contribution in [0.15, 0.2) is 18.2 Å². The number of hydrogen-bond donors (Lipinski definition) is 1. The maximum atomic E-state index is 12.3. The second kappa shape index (κ2) is 11.2. The van der Waals surface area contributed by atoms with E-state index in [0.717, 1.165) is 37.5 Å². The second-order valence-corrected chi connectivity index (χ2v) is 10.4. The number of nitrogens with zero attached hydrogens (tertiary/aromatic N) is 1. The molecule has 3 fully saturated rings. The highest BCUT2D eigenvalue weighted by Gasteiger charge is 2.28. The molecule has 0 unspecified atom stereocenters. The number of ether oxygens (including phenoxy) is 3. The summed E-state index contributed by atoms with van der Waals surface area (Å²) in [5.41, 5.74) is 3.02. The maximum Gasteiger partial charge on any atom is 0.222 e. The highest BCUT2D eigenvalue weighted by molar-refractivity contribution is 5.76. The molecule has 1 atom stereocenters. The van der Waals surface area contributed by atoms with Crippen molar-refractivity contribution < 1.29 is 19.0 Å². The summed E-state index contributed by atoms with van der Waals surface area (Å²) in [6, 6.07) is 6.97. The van der Waals surface area contributed by atoms with Crippen LogP contribution in [0.25, 0.3) is 0 Å². The molecule has 6 heteroatoms. The number of piperidine rings is 1. The lowest BCUT2D eigenvalue weighted by Crippen LogP contribution is -2.41. The molecule has 2 saturated heterocycles. The van der Waals surface area contributed by atoms with Crippen molar-refractivity contribution in [3.8, 4) is 5.75 Å². The summed E-state index contributed by atoms with van der Waals surface area (Å²) in [5, 5.41) is 3.24. The van der Waals surface area contributed by atoms with E-state index in [-0.39, 0.29) is 12.0 Å². The minimum absolute atomic E-state index is 0.0737. The summed E-state index contributed by atoms with van der Waals surface area (Å²) in [5.74, 6) is 2.74. The normalized spacial score (nSPS) is 28.8. The molecule has 33 heavy (non-hydrogen) atoms. The van der Waals surface area contributed by atoms with Crippen LogP contribution in [-0.2, 0) is 20.7 Å². The van der Waals surface area contributed by atoms with Gasteiger partial charge in [-0.15, -0.1) is 0 Å². The molecule has 0 bridgehead atoms. The summed E-state index contributed by atoms with van der Waals surface area (Å²) in [6.45, 7) is 6.29. The van der Waals surface area contributed by atoms with Crippen molar-refractivity contribution in [3.05, 3.63) is 29.3 Å². The van der Waals surface area contributed by atoms with Crippen molar-refractivity contribution in [1.29, 1.82) is 0 Å². The van der Waals surface area contributed by atoms with Crippen molar-refractivity contribution in [2.45, 2.75) is 75.9 Å². The fourth-order valence-electron chi connectivity index (χ4n) is 6.21. The van der Waals surface area contributed by atoms with Crippen molar-refractivity contribution >= 4 is 5.91 Å². The molecule has 0 spiro atoms. The number of fused-ring (bicyclic) bond motifs is 1. The van der Waals surface area contributed by atoms with Gasteiger partial charge in [0.1, 0.15) is 5.75 Å². The lowest BCUT2D eigenvalue weighted by molar-refractivity contribution is -0.132. The number of carbonyl (C=O) groups is 1. The molecule has 1 aromatic rings. The lowest BCUT2D eigenvalue weighted by atomic mass is 9.83. The molecule has 3 aliphatic heterocycles. The van der Waals surface area contributed by atoms with Gasteiger partial charge in [0.15, 0.2) is 0 Å². The summed E-state index contributed by atoms with van der Waals surface area (Å²) in [7, 11) is 0. The average Bonchev–Trinajstić information content (AvgIpc) is 3.34. The van der Waals surface area contributed by atoms with Gasteiger partial charge >= 0.3 is 0 Å². The Morgan fingerprint density at radius 1 is 1.03 bits per heavy atom. The van der Waals surface area contributed by atoms with Gasteiger partial charge in [-0.25, -0.2) is 0 Å². The first-order valence-electron chi connectivity index (χ1n) is 13.2. The quantitative estimate of drug-likeness (QED) is 0.678. The van der Waals surface area contributed by atoms with E-state index in [0.29, 0.717) is 38.2 Å². The highest BCUT2D eigenvalue weighted by Crippen LogP contribution is 2.37. The van der Waals surface area contributed by atoms with Gasteiger partial charge in [-0.3, -0.25) is 4.79 Å². The summed E-state index contributed by atoms with van der Waals surface area (Å²) >= 11 is 0. The van der Waals surface area contributed by atoms with E-state index in [4.69, 9.17) is 14.2 Å². The van der Waals surface area contributed by atoms with Crippen LogP contribution in [0.4, 0.5) is 0 Å². The molecule has 1 aliphatic carbocycles. The Labute approximate surface area is 198 Å². The Kier molecular flexibility index (Phi) is 7.85. The number of hydrogen-bond acceptors (Lipinski definition) is 5. The molecule has 6 nitrogen and oxygen atoms in total. The third-order valence-electron chi connectivity index (χ3n) is 8.17. The van der Waals surface area contributed by atoms with E-state index in [1.54, 1.807) is 5.56 Å². The van der Waals surface area contributed by atoms with Crippen molar-refractivity contribution in [1.82, 2.24) is 10.2 Å². The number of rotatable bonds is 7. The topological polar surface area (TPSA) is 60.0 Å². The Bertz CT molecular complexity index is 778. The first-order chi connectivity index (χ1) is 16.2. The van der Waals surface area contributed by atoms with Crippen LogP contribution in [0.3, 0.4) is 0 Å². The van der Waals surface area contributed by atoms with Gasteiger partial charge in [0.05, 0.1) is 39.0 Å². The fraction of sp³-hybridized carbons (Fsp3) is 0.741. The van der Waals surface area contributed by atoms with Crippen molar-refractivity contribution in [2.75, 3.05) is 46.1 Å². The van der Waals surface area contributed by atoms with Crippen LogP contribution in [0.2, 0.25) is 0 Å². The van der Waals surface area contributed by atoms with Crippen molar-refractivity contribution in [3.63, 3.8) is 0 Å². The predicted molar refractivity (Wildman–Crippen MR) is 128 cm³/mol. The van der Waals surface area contributed by atoms with Gasteiger partial charge in [-0.1, -0.05) is 12.1 Å². The number of nitrogens with one attached hydrogen (secondary N) is 1. The van der Waals surface area contributed by atoms with E-state index in [1.165, 1.54) is 57.3 Å². The van der Waals surface area contributed by atoms with Crippen molar-refractivity contribution in [2.24, 2.45) is 5.92 Å². The first kappa shape index (κ1) is 23.1. The van der Waals surface area contributed by atoms with E-state index in [2.05, 4.69) is 28.4 Å². The van der Waals surface area contributed by atoms with Gasteiger partial charge < -0.3 is 24.4 Å². The number of benzene rings is 1. The van der Waals surface area contributed by atoms with E-state index in [9.17, 15) is 4.79 Å². The minimum atomic E-state index is -0.0737. The lowest BCUT2D eigenvalue weighted by Gasteiger charge is -2.35. The first-order valence-corrected chi connectivity index (χ1v) is 13.2. The van der Waals surface area contributed by atoms with Gasteiger partial charge in [0.25, 0.3) is 0 Å². The standard InChI is InChI=1S/C27H40N2O4/c30-27(18-23-19-31-16-17-32-23)28-22-6-4-20(5-7-22)8-12-29-13-9-21(10-14-29)24-2-1-3-26-25(24)11-15-33-26/h1-3,20-23H,4-19H2,(H,28,30)/t20?,22?,23-/m0/s1. The Morgan fingerprint density at radius 3 is 2.67 bits per heavy atom. The van der Waals surface area contributed by atoms with Crippen LogP contribution < -0.4 is 10.1 Å². The monoisotopic (exact) mass is 456 g/mol. The largest absolute Gasteiger partial charge is 0.493 e. The Balaban J connectivity index is 0.980. The molecular formula is C27H40N2O4. The molecule has 1 saturated carbocycles. The zero-order valence-electron chi connectivity index (χ0n) is 19.9. The van der Waals surface area contributed by atoms with Crippen LogP contribution in [0, 0.1) is 5.92 Å². The molecule has 1 aromatic carbocycles. The smallest absolute Gasteiger partial charge is 0.222 e. The summed E-state index contributed by atoms with van der Waals surface area (Å²) in [6.07, 6.45) is 9.97. The molecule has 4 aliphatic rings. The average molecular weight is 457 g/mol. The second-order valence-electron chi connectivity index (χ2n) is 10.4. The zero-order chi connectivity index (χ0) is 22.5. The molecule has 3 heterocycles. The van der Waals surface area contributed by atoms with Crippen LogP contribution in [-0.4, -0.2) is 69.0 Å². The van der Waals surface area contributed by atoms with Gasteiger partial charge in [-0.05, 0) is 88.0 Å². The minimum Gasteiger partial charge on any atom is -0.493 e. The molecule has 0 aromatic heterocycles. The fourth-order valence-corrected chi connectivity index (χ4v) is 6.21. The van der Waals surface area contributed by atoms with Gasteiger partial charge in [-0.2, -0.15) is 0 Å². The van der Waals surface area contributed by atoms with E-state index in [1.807, 2.05) is 0 Å². The third kappa shape index (κ3) is 6.09. The van der Waals surface area contributed by atoms with E-state index >= 15 is 0 Å². The zero-order valence-corrected chi connectivity index (χ0v) is 19.9. The summed E-state index contributed by atoms with van der Waals surface area (Å²) in [4.78, 5) is 15.0. The maximum absolute atomic E-state index is 12.3. The molecule has 1 amide bonds. The third-order valence-corrected chi connectivity index (χ3v) is 8.17. The molecule has 0 radical (unpaired) electrons. The van der Waals surface area contributed by atoms with Crippen LogP contribution in [0.1, 0.15) is 68.4 Å². The predicted octanol–water partition coefficient (Wildman–Crippen LogP) is 3.67. The van der Waals surface area contributed by atoms with Crippen LogP contribution >= 0.6 is 0 Å². The Morgan fingerprint density at radius 2 is 1.88 bits per heavy atom. The highest BCUT2D eigenvalue weighted by atomic mass is 16.6. The summed E-state index contributed by atoms with van der Waals surface area (Å²) < 4.78 is 16.8. The van der Waals surface area contributed by atoms with Gasteiger partial charge in [0, 0.05) is 18.0 Å². The SMILES string of the molecule is O=C(C[C@H]1COCCO1)NC1CCC(CCN2CCC(c3cccc4c3CCO4)CC2)CC1. The van der Waals surface area contributed by atoms with E-state index < -0.39 is 0 Å². The number of likely N-dealkylation sites (tertiary alicyclic amines) is 1. The molecule has 182 valence electrons. The Hall–Kier alpha value is -1.63. The molecule has 1 N–H and O–H groups in total. The number of carbonyl (C=O) groups excluding carboxylic acids is 1. The van der Waals surface area contributed by atoms with Gasteiger partial charge in [0.2, 0.25) is 5.91 Å². The molecular weight excluding hydrogens is 416 g/mol. The molecule has 5 rings (SSSR count).